The number of aryl methyl sites for hydroxylation is 1. The Morgan fingerprint density at radius 2 is 1.87 bits per heavy atom. The van der Waals surface area contributed by atoms with Crippen LogP contribution in [0, 0.1) is 6.92 Å². The van der Waals surface area contributed by atoms with Crippen LogP contribution in [0.3, 0.4) is 0 Å². The molecule has 6 nitrogen and oxygen atoms in total. The van der Waals surface area contributed by atoms with Crippen LogP contribution in [0.1, 0.15) is 25.6 Å². The average molecular weight is 330 g/mol. The number of hydrogen-bond acceptors (Lipinski definition) is 5. The zero-order chi connectivity index (χ0) is 16.4. The van der Waals surface area contributed by atoms with Crippen molar-refractivity contribution in [1.29, 1.82) is 0 Å². The van der Waals surface area contributed by atoms with Gasteiger partial charge in [0.25, 0.3) is 11.8 Å². The third-order valence-electron chi connectivity index (χ3n) is 3.95. The minimum Gasteiger partial charge on any atom is -0.365 e. The summed E-state index contributed by atoms with van der Waals surface area (Å²) < 4.78 is 0. The molecule has 7 heteroatoms. The third kappa shape index (κ3) is 3.19. The number of aromatic nitrogens is 1. The Labute approximate surface area is 138 Å². The van der Waals surface area contributed by atoms with Crippen LogP contribution in [-0.4, -0.2) is 47.9 Å². The molecule has 1 aromatic carbocycles. The van der Waals surface area contributed by atoms with Crippen LogP contribution < -0.4 is 10.6 Å². The van der Waals surface area contributed by atoms with E-state index in [2.05, 4.69) is 9.88 Å². The van der Waals surface area contributed by atoms with Crippen molar-refractivity contribution in [3.05, 3.63) is 46.5 Å². The van der Waals surface area contributed by atoms with Crippen LogP contribution in [0.25, 0.3) is 0 Å². The van der Waals surface area contributed by atoms with Gasteiger partial charge in [-0.2, -0.15) is 0 Å². The summed E-state index contributed by atoms with van der Waals surface area (Å²) in [4.78, 5) is 32.4. The summed E-state index contributed by atoms with van der Waals surface area (Å²) in [5, 5.41) is 0.779. The van der Waals surface area contributed by atoms with E-state index in [1.165, 1.54) is 17.5 Å². The number of thiazole rings is 1. The highest BCUT2D eigenvalue weighted by Gasteiger charge is 2.24. The van der Waals surface area contributed by atoms with Crippen LogP contribution in [0.2, 0.25) is 0 Å². The fourth-order valence-corrected chi connectivity index (χ4v) is 3.43. The molecule has 0 saturated carbocycles. The number of piperazine rings is 1. The van der Waals surface area contributed by atoms with Crippen molar-refractivity contribution < 1.29 is 9.59 Å². The quantitative estimate of drug-likeness (QED) is 0.925. The van der Waals surface area contributed by atoms with Gasteiger partial charge < -0.3 is 15.5 Å². The zero-order valence-electron chi connectivity index (χ0n) is 12.9. The lowest BCUT2D eigenvalue weighted by Gasteiger charge is -2.34. The van der Waals surface area contributed by atoms with Crippen molar-refractivity contribution in [3.8, 4) is 0 Å². The van der Waals surface area contributed by atoms with Gasteiger partial charge in [0.05, 0.1) is 6.20 Å². The molecule has 0 spiro atoms. The number of rotatable bonds is 3. The number of carbonyl (C=O) groups excluding carboxylic acids is 2. The van der Waals surface area contributed by atoms with E-state index >= 15 is 0 Å². The summed E-state index contributed by atoms with van der Waals surface area (Å²) in [6.07, 6.45) is 1.51. The fourth-order valence-electron chi connectivity index (χ4n) is 2.61. The summed E-state index contributed by atoms with van der Waals surface area (Å²) in [5.74, 6) is -0.387. The van der Waals surface area contributed by atoms with Crippen molar-refractivity contribution in [2.75, 3.05) is 31.1 Å². The molecule has 0 atom stereocenters. The fraction of sp³-hybridized carbons (Fsp3) is 0.312. The largest absolute Gasteiger partial charge is 0.365 e. The minimum atomic E-state index is -0.456. The van der Waals surface area contributed by atoms with E-state index in [1.807, 2.05) is 36.1 Å². The molecule has 1 aromatic heterocycles. The van der Waals surface area contributed by atoms with E-state index in [0.29, 0.717) is 31.1 Å². The van der Waals surface area contributed by atoms with Crippen molar-refractivity contribution in [1.82, 2.24) is 9.88 Å². The Morgan fingerprint density at radius 3 is 2.48 bits per heavy atom. The highest BCUT2D eigenvalue weighted by molar-refractivity contribution is 7.17. The molecule has 0 aliphatic carbocycles. The third-order valence-corrected chi connectivity index (χ3v) is 5.02. The summed E-state index contributed by atoms with van der Waals surface area (Å²) >= 11 is 1.29. The van der Waals surface area contributed by atoms with E-state index in [-0.39, 0.29) is 5.91 Å². The van der Waals surface area contributed by atoms with Crippen LogP contribution >= 0.6 is 11.3 Å². The van der Waals surface area contributed by atoms with E-state index < -0.39 is 5.91 Å². The molecule has 1 saturated heterocycles. The molecule has 120 valence electrons. The first kappa shape index (κ1) is 15.5. The molecule has 0 unspecified atom stereocenters. The predicted octanol–water partition coefficient (Wildman–Crippen LogP) is 1.51. The van der Waals surface area contributed by atoms with Crippen molar-refractivity contribution in [2.24, 2.45) is 5.73 Å². The van der Waals surface area contributed by atoms with Gasteiger partial charge in [-0.3, -0.25) is 9.59 Å². The van der Waals surface area contributed by atoms with E-state index in [0.717, 1.165) is 16.3 Å². The summed E-state index contributed by atoms with van der Waals surface area (Å²) in [6.45, 7) is 4.62. The van der Waals surface area contributed by atoms with E-state index in [9.17, 15) is 9.59 Å². The van der Waals surface area contributed by atoms with Crippen LogP contribution in [-0.2, 0) is 0 Å². The number of amides is 2. The molecule has 2 heterocycles. The smallest absolute Gasteiger partial charge is 0.260 e. The maximum absolute atomic E-state index is 12.6. The van der Waals surface area contributed by atoms with E-state index in [1.54, 1.807) is 0 Å². The van der Waals surface area contributed by atoms with Crippen molar-refractivity contribution in [3.63, 3.8) is 0 Å². The Hall–Kier alpha value is -2.41. The zero-order valence-corrected chi connectivity index (χ0v) is 13.7. The van der Waals surface area contributed by atoms with Crippen LogP contribution in [0.15, 0.2) is 30.5 Å². The maximum Gasteiger partial charge on any atom is 0.260 e. The SMILES string of the molecule is Cc1ccccc1C(=O)N1CCN(c2ncc(C(N)=O)s2)CC1. The lowest BCUT2D eigenvalue weighted by molar-refractivity contribution is 0.0746. The first-order chi connectivity index (χ1) is 11.1. The van der Waals surface area contributed by atoms with Crippen molar-refractivity contribution >= 4 is 28.3 Å². The highest BCUT2D eigenvalue weighted by Crippen LogP contribution is 2.23. The molecule has 3 rings (SSSR count). The number of primary amides is 1. The van der Waals surface area contributed by atoms with Gasteiger partial charge in [0, 0.05) is 31.7 Å². The second kappa shape index (κ2) is 6.37. The molecule has 2 N–H and O–H groups in total. The standard InChI is InChI=1S/C16H18N4O2S/c1-11-4-2-3-5-12(11)15(22)19-6-8-20(9-7-19)16-18-10-13(23-16)14(17)21/h2-5,10H,6-9H2,1H3,(H2,17,21). The number of nitrogens with zero attached hydrogens (tertiary/aromatic N) is 3. The second-order valence-electron chi connectivity index (χ2n) is 5.47. The molecular formula is C16H18N4O2S. The number of hydrogen-bond donors (Lipinski definition) is 1. The molecule has 1 aliphatic rings. The Kier molecular flexibility index (Phi) is 4.29. The van der Waals surface area contributed by atoms with Crippen LogP contribution in [0.5, 0.6) is 0 Å². The number of nitrogens with two attached hydrogens (primary N) is 1. The normalized spacial score (nSPS) is 14.8. The summed E-state index contributed by atoms with van der Waals surface area (Å²) in [5.41, 5.74) is 7.00. The first-order valence-electron chi connectivity index (χ1n) is 7.42. The molecular weight excluding hydrogens is 312 g/mol. The number of benzene rings is 1. The van der Waals surface area contributed by atoms with Crippen LogP contribution in [0.4, 0.5) is 5.13 Å². The summed E-state index contributed by atoms with van der Waals surface area (Å²) in [7, 11) is 0. The van der Waals surface area contributed by atoms with Gasteiger partial charge >= 0.3 is 0 Å². The molecule has 2 amide bonds. The monoisotopic (exact) mass is 330 g/mol. The first-order valence-corrected chi connectivity index (χ1v) is 8.23. The highest BCUT2D eigenvalue weighted by atomic mass is 32.1. The lowest BCUT2D eigenvalue weighted by Crippen LogP contribution is -2.48. The van der Waals surface area contributed by atoms with Gasteiger partial charge in [-0.1, -0.05) is 29.5 Å². The van der Waals surface area contributed by atoms with Gasteiger partial charge in [-0.15, -0.1) is 0 Å². The van der Waals surface area contributed by atoms with Crippen molar-refractivity contribution in [2.45, 2.75) is 6.92 Å². The molecule has 1 aliphatic heterocycles. The maximum atomic E-state index is 12.6. The molecule has 0 bridgehead atoms. The Bertz CT molecular complexity index is 735. The number of anilines is 1. The minimum absolute atomic E-state index is 0.0692. The van der Waals surface area contributed by atoms with Gasteiger partial charge in [0.15, 0.2) is 5.13 Å². The number of carbonyl (C=O) groups is 2. The van der Waals surface area contributed by atoms with Gasteiger partial charge in [-0.05, 0) is 18.6 Å². The molecule has 1 fully saturated rings. The molecule has 23 heavy (non-hydrogen) atoms. The molecule has 0 radical (unpaired) electrons. The lowest BCUT2D eigenvalue weighted by atomic mass is 10.1. The Morgan fingerprint density at radius 1 is 1.17 bits per heavy atom. The van der Waals surface area contributed by atoms with Gasteiger partial charge in [-0.25, -0.2) is 4.98 Å². The van der Waals surface area contributed by atoms with E-state index in [4.69, 9.17) is 5.73 Å². The predicted molar refractivity (Wildman–Crippen MR) is 89.9 cm³/mol. The topological polar surface area (TPSA) is 79.5 Å². The average Bonchev–Trinajstić information content (AvgIpc) is 3.05. The van der Waals surface area contributed by atoms with Gasteiger partial charge in [0.1, 0.15) is 4.88 Å². The van der Waals surface area contributed by atoms with Gasteiger partial charge in [0.2, 0.25) is 0 Å². The summed E-state index contributed by atoms with van der Waals surface area (Å²) in [6, 6.07) is 7.63. The Balaban J connectivity index is 1.65. The second-order valence-corrected chi connectivity index (χ2v) is 6.47. The molecule has 2 aromatic rings.